The summed E-state index contributed by atoms with van der Waals surface area (Å²) in [6.45, 7) is 7.13. The van der Waals surface area contributed by atoms with Crippen molar-refractivity contribution in [3.8, 4) is 0 Å². The van der Waals surface area contributed by atoms with Gasteiger partial charge in [0.05, 0.1) is 17.6 Å². The summed E-state index contributed by atoms with van der Waals surface area (Å²) in [5.41, 5.74) is 8.09. The Balaban J connectivity index is 2.26. The zero-order valence-electron chi connectivity index (χ0n) is 11.0. The lowest BCUT2D eigenvalue weighted by Gasteiger charge is -2.38. The first-order chi connectivity index (χ1) is 8.09. The Morgan fingerprint density at radius 2 is 2.12 bits per heavy atom. The summed E-state index contributed by atoms with van der Waals surface area (Å²) in [7, 11) is 0. The van der Waals surface area contributed by atoms with Crippen LogP contribution in [-0.4, -0.2) is 28.6 Å². The number of hydrogen-bond acceptors (Lipinski definition) is 4. The van der Waals surface area contributed by atoms with E-state index >= 15 is 0 Å². The summed E-state index contributed by atoms with van der Waals surface area (Å²) in [4.78, 5) is 11.4. The molecule has 94 valence electrons. The Labute approximate surface area is 103 Å². The van der Waals surface area contributed by atoms with Crippen LogP contribution >= 0.6 is 0 Å². The molecule has 1 fully saturated rings. The molecule has 1 aromatic rings. The van der Waals surface area contributed by atoms with E-state index in [0.717, 1.165) is 30.2 Å². The van der Waals surface area contributed by atoms with Crippen LogP contribution in [0.2, 0.25) is 0 Å². The second-order valence-electron chi connectivity index (χ2n) is 5.01. The number of rotatable bonds is 2. The summed E-state index contributed by atoms with van der Waals surface area (Å²) < 4.78 is 0. The molecule has 0 spiro atoms. The first kappa shape index (κ1) is 12.3. The minimum absolute atomic E-state index is 0.179. The smallest absolute Gasteiger partial charge is 0.147 e. The van der Waals surface area contributed by atoms with Gasteiger partial charge in [0.15, 0.2) is 0 Å². The SMILES string of the molecule is Cc1ncc(N2CCCCC2C(C)N)nc1C. The highest BCUT2D eigenvalue weighted by Gasteiger charge is 2.26. The van der Waals surface area contributed by atoms with E-state index in [2.05, 4.69) is 21.8 Å². The number of aromatic nitrogens is 2. The Bertz CT molecular complexity index is 389. The van der Waals surface area contributed by atoms with E-state index in [1.54, 1.807) is 0 Å². The minimum Gasteiger partial charge on any atom is -0.351 e. The van der Waals surface area contributed by atoms with Crippen molar-refractivity contribution in [2.75, 3.05) is 11.4 Å². The maximum Gasteiger partial charge on any atom is 0.147 e. The van der Waals surface area contributed by atoms with E-state index in [1.807, 2.05) is 20.0 Å². The zero-order valence-corrected chi connectivity index (χ0v) is 11.0. The average molecular weight is 234 g/mol. The summed E-state index contributed by atoms with van der Waals surface area (Å²) in [6.07, 6.45) is 5.52. The van der Waals surface area contributed by atoms with E-state index in [9.17, 15) is 0 Å². The lowest BCUT2D eigenvalue weighted by Crippen LogP contribution is -2.49. The van der Waals surface area contributed by atoms with Crippen LogP contribution in [0.1, 0.15) is 37.6 Å². The molecule has 0 aromatic carbocycles. The second kappa shape index (κ2) is 5.00. The summed E-state index contributed by atoms with van der Waals surface area (Å²) in [6, 6.07) is 0.582. The molecular weight excluding hydrogens is 212 g/mol. The van der Waals surface area contributed by atoms with Crippen molar-refractivity contribution >= 4 is 5.82 Å². The van der Waals surface area contributed by atoms with E-state index < -0.39 is 0 Å². The fourth-order valence-electron chi connectivity index (χ4n) is 2.46. The van der Waals surface area contributed by atoms with Gasteiger partial charge in [-0.05, 0) is 40.0 Å². The molecule has 4 nitrogen and oxygen atoms in total. The van der Waals surface area contributed by atoms with Crippen molar-refractivity contribution in [3.63, 3.8) is 0 Å². The fourth-order valence-corrected chi connectivity index (χ4v) is 2.46. The maximum atomic E-state index is 6.07. The molecule has 2 rings (SSSR count). The fraction of sp³-hybridized carbons (Fsp3) is 0.692. The summed E-state index contributed by atoms with van der Waals surface area (Å²) >= 11 is 0. The first-order valence-corrected chi connectivity index (χ1v) is 6.42. The van der Waals surface area contributed by atoms with Crippen LogP contribution in [-0.2, 0) is 0 Å². The van der Waals surface area contributed by atoms with Gasteiger partial charge in [-0.3, -0.25) is 4.98 Å². The zero-order chi connectivity index (χ0) is 12.4. The largest absolute Gasteiger partial charge is 0.351 e. The van der Waals surface area contributed by atoms with Crippen molar-refractivity contribution in [2.24, 2.45) is 5.73 Å². The Morgan fingerprint density at radius 1 is 1.35 bits per heavy atom. The van der Waals surface area contributed by atoms with E-state index in [0.29, 0.717) is 6.04 Å². The van der Waals surface area contributed by atoms with Gasteiger partial charge in [-0.2, -0.15) is 0 Å². The lowest BCUT2D eigenvalue weighted by molar-refractivity contribution is 0.410. The molecule has 1 aromatic heterocycles. The van der Waals surface area contributed by atoms with Crippen molar-refractivity contribution in [3.05, 3.63) is 17.6 Å². The van der Waals surface area contributed by atoms with Gasteiger partial charge in [0.25, 0.3) is 0 Å². The van der Waals surface area contributed by atoms with Crippen LogP contribution in [0.4, 0.5) is 5.82 Å². The maximum absolute atomic E-state index is 6.07. The van der Waals surface area contributed by atoms with Crippen molar-refractivity contribution in [2.45, 2.75) is 52.1 Å². The van der Waals surface area contributed by atoms with Crippen LogP contribution in [0.15, 0.2) is 6.20 Å². The van der Waals surface area contributed by atoms with Crippen LogP contribution in [0, 0.1) is 13.8 Å². The number of nitrogens with two attached hydrogens (primary N) is 1. The topological polar surface area (TPSA) is 55.0 Å². The van der Waals surface area contributed by atoms with Gasteiger partial charge in [-0.1, -0.05) is 0 Å². The molecule has 2 unspecified atom stereocenters. The Hall–Kier alpha value is -1.16. The number of anilines is 1. The number of hydrogen-bond donors (Lipinski definition) is 1. The van der Waals surface area contributed by atoms with Crippen LogP contribution < -0.4 is 10.6 Å². The molecule has 0 amide bonds. The predicted octanol–water partition coefficient (Wildman–Crippen LogP) is 1.80. The lowest BCUT2D eigenvalue weighted by atomic mass is 9.97. The van der Waals surface area contributed by atoms with Crippen LogP contribution in [0.25, 0.3) is 0 Å². The molecule has 17 heavy (non-hydrogen) atoms. The third-order valence-electron chi connectivity index (χ3n) is 3.63. The molecule has 0 saturated carbocycles. The molecule has 4 heteroatoms. The Kier molecular flexibility index (Phi) is 3.62. The molecule has 2 heterocycles. The molecular formula is C13H22N4. The van der Waals surface area contributed by atoms with Crippen LogP contribution in [0.3, 0.4) is 0 Å². The normalized spacial score (nSPS) is 22.6. The molecule has 2 N–H and O–H groups in total. The molecule has 0 aliphatic carbocycles. The third-order valence-corrected chi connectivity index (χ3v) is 3.63. The Morgan fingerprint density at radius 3 is 2.76 bits per heavy atom. The van der Waals surface area contributed by atoms with Crippen molar-refractivity contribution in [1.82, 2.24) is 9.97 Å². The highest BCUT2D eigenvalue weighted by molar-refractivity contribution is 5.40. The van der Waals surface area contributed by atoms with E-state index in [-0.39, 0.29) is 6.04 Å². The highest BCUT2D eigenvalue weighted by atomic mass is 15.2. The predicted molar refractivity (Wildman–Crippen MR) is 70.1 cm³/mol. The van der Waals surface area contributed by atoms with Gasteiger partial charge in [0.2, 0.25) is 0 Å². The van der Waals surface area contributed by atoms with Gasteiger partial charge >= 0.3 is 0 Å². The van der Waals surface area contributed by atoms with Crippen LogP contribution in [0.5, 0.6) is 0 Å². The van der Waals surface area contributed by atoms with Gasteiger partial charge < -0.3 is 10.6 Å². The monoisotopic (exact) mass is 234 g/mol. The molecule has 1 saturated heterocycles. The quantitative estimate of drug-likeness (QED) is 0.847. The average Bonchev–Trinajstić information content (AvgIpc) is 2.32. The highest BCUT2D eigenvalue weighted by Crippen LogP contribution is 2.24. The van der Waals surface area contributed by atoms with Gasteiger partial charge in [0.1, 0.15) is 5.82 Å². The number of aryl methyl sites for hydroxylation is 2. The summed E-state index contributed by atoms with van der Waals surface area (Å²) in [5.74, 6) is 0.982. The minimum atomic E-state index is 0.179. The molecule has 0 bridgehead atoms. The molecule has 1 aliphatic rings. The number of nitrogens with zero attached hydrogens (tertiary/aromatic N) is 3. The van der Waals surface area contributed by atoms with E-state index in [4.69, 9.17) is 5.73 Å². The van der Waals surface area contributed by atoms with Gasteiger partial charge in [0, 0.05) is 18.6 Å². The van der Waals surface area contributed by atoms with Gasteiger partial charge in [-0.15, -0.1) is 0 Å². The number of piperidine rings is 1. The molecule has 1 aliphatic heterocycles. The van der Waals surface area contributed by atoms with Crippen molar-refractivity contribution < 1.29 is 0 Å². The van der Waals surface area contributed by atoms with Crippen molar-refractivity contribution in [1.29, 1.82) is 0 Å². The third kappa shape index (κ3) is 2.57. The first-order valence-electron chi connectivity index (χ1n) is 6.42. The summed E-state index contributed by atoms with van der Waals surface area (Å²) in [5, 5.41) is 0. The molecule has 2 atom stereocenters. The van der Waals surface area contributed by atoms with Gasteiger partial charge in [-0.25, -0.2) is 4.98 Å². The molecule has 0 radical (unpaired) electrons. The standard InChI is InChI=1S/C13H22N4/c1-9(14)12-6-4-5-7-17(12)13-8-15-10(2)11(3)16-13/h8-9,12H,4-7,14H2,1-3H3. The van der Waals surface area contributed by atoms with E-state index in [1.165, 1.54) is 12.8 Å². The second-order valence-corrected chi connectivity index (χ2v) is 5.01.